The number of benzene rings is 1. The molecule has 2 heterocycles. The summed E-state index contributed by atoms with van der Waals surface area (Å²) in [4.78, 5) is 21.3. The fourth-order valence-corrected chi connectivity index (χ4v) is 6.54. The Morgan fingerprint density at radius 3 is 2.28 bits per heavy atom. The molecule has 0 spiro atoms. The maximum atomic E-state index is 13.1. The van der Waals surface area contributed by atoms with Crippen LogP contribution in [-0.2, 0) is 14.8 Å². The first-order chi connectivity index (χ1) is 17.1. The Morgan fingerprint density at radius 1 is 1.08 bits per heavy atom. The quantitative estimate of drug-likeness (QED) is 0.422. The molecule has 1 fully saturated rings. The number of hydrogen-bond donors (Lipinski definition) is 0. The second-order valence-corrected chi connectivity index (χ2v) is 11.8. The molecule has 198 valence electrons. The van der Waals surface area contributed by atoms with E-state index in [4.69, 9.17) is 4.74 Å². The van der Waals surface area contributed by atoms with Crippen LogP contribution in [0.3, 0.4) is 0 Å². The minimum absolute atomic E-state index is 0.124. The molecule has 0 bridgehead atoms. The minimum atomic E-state index is -3.61. The van der Waals surface area contributed by atoms with Crippen molar-refractivity contribution in [3.63, 3.8) is 0 Å². The summed E-state index contributed by atoms with van der Waals surface area (Å²) in [5, 5.41) is 0. The topological polar surface area (TPSA) is 83.0 Å². The first-order valence-electron chi connectivity index (χ1n) is 12.6. The molecule has 3 rings (SSSR count). The third kappa shape index (κ3) is 6.97. The van der Waals surface area contributed by atoms with E-state index in [9.17, 15) is 13.2 Å². The maximum Gasteiger partial charge on any atom is 0.243 e. The summed E-state index contributed by atoms with van der Waals surface area (Å²) in [6.45, 7) is 6.70. The number of carbonyl (C=O) groups is 1. The molecule has 1 aromatic heterocycles. The van der Waals surface area contributed by atoms with Gasteiger partial charge in [-0.25, -0.2) is 12.7 Å². The summed E-state index contributed by atoms with van der Waals surface area (Å²) < 4.78 is 32.9. The molecule has 1 aliphatic rings. The summed E-state index contributed by atoms with van der Waals surface area (Å²) in [5.74, 6) is 1.27. The van der Waals surface area contributed by atoms with Crippen molar-refractivity contribution < 1.29 is 17.9 Å². The van der Waals surface area contributed by atoms with Gasteiger partial charge in [-0.2, -0.15) is 0 Å². The lowest BCUT2D eigenvalue weighted by atomic mass is 9.96. The Balaban J connectivity index is 1.41. The molecule has 0 N–H and O–H groups in total. The standard InChI is InChI=1S/C27H40N4O4S/c1-21-18-25(35-5)19-22(2)27(21)36(33,34)30(4)15-7-6-8-26(32)29(3)20-23-11-16-31(17-12-23)24-9-13-28-14-10-24/h9-10,13-14,18-19,23H,6-8,11-12,15-17,20H2,1-5H3. The predicted molar refractivity (Wildman–Crippen MR) is 143 cm³/mol. The number of unbranched alkanes of at least 4 members (excludes halogenated alkanes) is 1. The molecule has 0 saturated carbocycles. The van der Waals surface area contributed by atoms with Crippen molar-refractivity contribution in [2.24, 2.45) is 5.92 Å². The van der Waals surface area contributed by atoms with Crippen molar-refractivity contribution in [3.05, 3.63) is 47.8 Å². The number of methoxy groups -OCH3 is 1. The number of aromatic nitrogens is 1. The molecule has 1 saturated heterocycles. The van der Waals surface area contributed by atoms with E-state index in [1.54, 1.807) is 40.1 Å². The average Bonchev–Trinajstić information content (AvgIpc) is 2.86. The molecule has 36 heavy (non-hydrogen) atoms. The fourth-order valence-electron chi connectivity index (χ4n) is 4.93. The van der Waals surface area contributed by atoms with E-state index in [1.165, 1.54) is 9.99 Å². The van der Waals surface area contributed by atoms with E-state index in [0.717, 1.165) is 32.5 Å². The van der Waals surface area contributed by atoms with Crippen LogP contribution in [0.25, 0.3) is 0 Å². The SMILES string of the molecule is COc1cc(C)c(S(=O)(=O)N(C)CCCCC(=O)N(C)CC2CCN(c3ccncc3)CC2)c(C)c1. The lowest BCUT2D eigenvalue weighted by molar-refractivity contribution is -0.130. The molecule has 0 unspecified atom stereocenters. The number of hydrogen-bond acceptors (Lipinski definition) is 6. The summed E-state index contributed by atoms with van der Waals surface area (Å²) in [6, 6.07) is 7.56. The highest BCUT2D eigenvalue weighted by Crippen LogP contribution is 2.28. The second-order valence-electron chi connectivity index (χ2n) is 9.78. The normalized spacial score (nSPS) is 14.8. The van der Waals surface area contributed by atoms with Gasteiger partial charge in [-0.15, -0.1) is 0 Å². The number of amides is 1. The molecule has 0 radical (unpaired) electrons. The van der Waals surface area contributed by atoms with Crippen LogP contribution < -0.4 is 9.64 Å². The van der Waals surface area contributed by atoms with Gasteiger partial charge in [0.1, 0.15) is 5.75 Å². The highest BCUT2D eigenvalue weighted by Gasteiger charge is 2.26. The third-order valence-corrected chi connectivity index (χ3v) is 9.21. The lowest BCUT2D eigenvalue weighted by Crippen LogP contribution is -2.39. The van der Waals surface area contributed by atoms with Gasteiger partial charge in [0.15, 0.2) is 0 Å². The zero-order valence-corrected chi connectivity index (χ0v) is 23.1. The number of pyridine rings is 1. The van der Waals surface area contributed by atoms with E-state index in [-0.39, 0.29) is 5.91 Å². The molecule has 1 aromatic carbocycles. The van der Waals surface area contributed by atoms with Gasteiger partial charge in [-0.3, -0.25) is 9.78 Å². The van der Waals surface area contributed by atoms with Crippen molar-refractivity contribution >= 4 is 21.6 Å². The maximum absolute atomic E-state index is 13.1. The smallest absolute Gasteiger partial charge is 0.243 e. The lowest BCUT2D eigenvalue weighted by Gasteiger charge is -2.35. The Morgan fingerprint density at radius 2 is 1.69 bits per heavy atom. The van der Waals surface area contributed by atoms with Crippen molar-refractivity contribution in [2.75, 3.05) is 52.3 Å². The summed E-state index contributed by atoms with van der Waals surface area (Å²) in [6.07, 6.45) is 7.49. The highest BCUT2D eigenvalue weighted by atomic mass is 32.2. The second kappa shape index (κ2) is 12.5. The number of piperidine rings is 1. The third-order valence-electron chi connectivity index (χ3n) is 7.05. The van der Waals surface area contributed by atoms with Crippen LogP contribution >= 0.6 is 0 Å². The van der Waals surface area contributed by atoms with Crippen LogP contribution in [0.4, 0.5) is 5.69 Å². The Hall–Kier alpha value is -2.65. The number of sulfonamides is 1. The van der Waals surface area contributed by atoms with E-state index in [1.807, 2.05) is 36.5 Å². The van der Waals surface area contributed by atoms with Gasteiger partial charge in [-0.05, 0) is 80.8 Å². The number of rotatable bonds is 11. The molecule has 2 aromatic rings. The van der Waals surface area contributed by atoms with Crippen molar-refractivity contribution in [2.45, 2.75) is 50.8 Å². The molecule has 0 aliphatic carbocycles. The summed E-state index contributed by atoms with van der Waals surface area (Å²) >= 11 is 0. The van der Waals surface area contributed by atoms with Gasteiger partial charge in [-0.1, -0.05) is 0 Å². The minimum Gasteiger partial charge on any atom is -0.497 e. The van der Waals surface area contributed by atoms with Gasteiger partial charge in [0.25, 0.3) is 0 Å². The molecule has 9 heteroatoms. The van der Waals surface area contributed by atoms with E-state index < -0.39 is 10.0 Å². The molecule has 0 atom stereocenters. The first-order valence-corrected chi connectivity index (χ1v) is 14.1. The van der Waals surface area contributed by atoms with Crippen LogP contribution in [0.5, 0.6) is 5.75 Å². The zero-order chi connectivity index (χ0) is 26.3. The summed E-state index contributed by atoms with van der Waals surface area (Å²) in [5.41, 5.74) is 2.54. The van der Waals surface area contributed by atoms with Crippen LogP contribution in [0.2, 0.25) is 0 Å². The Kier molecular flexibility index (Phi) is 9.73. The van der Waals surface area contributed by atoms with E-state index >= 15 is 0 Å². The van der Waals surface area contributed by atoms with Gasteiger partial charge >= 0.3 is 0 Å². The Labute approximate surface area is 216 Å². The predicted octanol–water partition coefficient (Wildman–Crippen LogP) is 3.87. The highest BCUT2D eigenvalue weighted by molar-refractivity contribution is 7.89. The van der Waals surface area contributed by atoms with Gasteiger partial charge in [0.05, 0.1) is 12.0 Å². The van der Waals surface area contributed by atoms with Crippen LogP contribution in [0.15, 0.2) is 41.6 Å². The Bertz CT molecular complexity index is 1090. The van der Waals surface area contributed by atoms with Gasteiger partial charge in [0, 0.05) is 64.8 Å². The van der Waals surface area contributed by atoms with Crippen LogP contribution in [-0.4, -0.2) is 75.9 Å². The molecule has 8 nitrogen and oxygen atoms in total. The molecular formula is C27H40N4O4S. The number of aryl methyl sites for hydroxylation is 2. The zero-order valence-electron chi connectivity index (χ0n) is 22.2. The number of anilines is 1. The number of ether oxygens (including phenoxy) is 1. The molecule has 1 aliphatic heterocycles. The van der Waals surface area contributed by atoms with E-state index in [0.29, 0.717) is 53.5 Å². The largest absolute Gasteiger partial charge is 0.497 e. The number of nitrogens with zero attached hydrogens (tertiary/aromatic N) is 4. The molecule has 1 amide bonds. The fraction of sp³-hybridized carbons (Fsp3) is 0.556. The van der Waals surface area contributed by atoms with Gasteiger partial charge in [0.2, 0.25) is 15.9 Å². The van der Waals surface area contributed by atoms with E-state index in [2.05, 4.69) is 9.88 Å². The number of carbonyl (C=O) groups excluding carboxylic acids is 1. The summed E-state index contributed by atoms with van der Waals surface area (Å²) in [7, 11) is 1.44. The van der Waals surface area contributed by atoms with Crippen LogP contribution in [0, 0.1) is 19.8 Å². The van der Waals surface area contributed by atoms with Crippen LogP contribution in [0.1, 0.15) is 43.2 Å². The molecular weight excluding hydrogens is 476 g/mol. The van der Waals surface area contributed by atoms with Crippen molar-refractivity contribution in [1.29, 1.82) is 0 Å². The monoisotopic (exact) mass is 516 g/mol. The van der Waals surface area contributed by atoms with Crippen molar-refractivity contribution in [1.82, 2.24) is 14.2 Å². The van der Waals surface area contributed by atoms with Crippen molar-refractivity contribution in [3.8, 4) is 5.75 Å². The average molecular weight is 517 g/mol. The first kappa shape index (κ1) is 27.9. The van der Waals surface area contributed by atoms with Gasteiger partial charge < -0.3 is 14.5 Å².